The number of fused-ring (bicyclic) bond motifs is 1. The summed E-state index contributed by atoms with van der Waals surface area (Å²) in [5, 5.41) is 0. The first-order valence-electron chi connectivity index (χ1n) is 6.01. The number of aryl methyl sites for hydroxylation is 1. The zero-order valence-corrected chi connectivity index (χ0v) is 10.6. The van der Waals surface area contributed by atoms with E-state index in [-0.39, 0.29) is 5.78 Å². The van der Waals surface area contributed by atoms with Crippen LogP contribution in [0, 0.1) is 0 Å². The van der Waals surface area contributed by atoms with Gasteiger partial charge in [0.05, 0.1) is 12.5 Å². The van der Waals surface area contributed by atoms with E-state index in [4.69, 9.17) is 10.3 Å². The van der Waals surface area contributed by atoms with Gasteiger partial charge < -0.3 is 10.3 Å². The highest BCUT2D eigenvalue weighted by atomic mass is 16.5. The lowest BCUT2D eigenvalue weighted by Gasteiger charge is -2.32. The van der Waals surface area contributed by atoms with Crippen molar-refractivity contribution < 1.29 is 14.3 Å². The van der Waals surface area contributed by atoms with E-state index in [9.17, 15) is 4.79 Å². The Bertz CT molecular complexity index is 533. The molecule has 1 aliphatic rings. The second-order valence-electron chi connectivity index (χ2n) is 4.82. The highest BCUT2D eigenvalue weighted by Gasteiger charge is 2.39. The Morgan fingerprint density at radius 1 is 1.56 bits per heavy atom. The van der Waals surface area contributed by atoms with Crippen LogP contribution in [0.5, 0.6) is 5.75 Å². The predicted octanol–water partition coefficient (Wildman–Crippen LogP) is 2.16. The average Bonchev–Trinajstić information content (AvgIpc) is 2.38. The van der Waals surface area contributed by atoms with Gasteiger partial charge in [0.1, 0.15) is 5.75 Å². The number of carbonyl (C=O) groups excluding carboxylic acids is 1. The van der Waals surface area contributed by atoms with Gasteiger partial charge in [-0.3, -0.25) is 4.79 Å². The van der Waals surface area contributed by atoms with Crippen molar-refractivity contribution in [3.8, 4) is 5.75 Å². The maximum Gasteiger partial charge on any atom is 0.324 e. The molecule has 4 nitrogen and oxygen atoms in total. The molecule has 0 heterocycles. The Balaban J connectivity index is 2.50. The van der Waals surface area contributed by atoms with E-state index >= 15 is 0 Å². The number of hydrogen-bond acceptors (Lipinski definition) is 2. The van der Waals surface area contributed by atoms with E-state index in [1.165, 1.54) is 0 Å². The average molecular weight is 244 g/mol. The van der Waals surface area contributed by atoms with Crippen molar-refractivity contribution in [1.82, 2.24) is 0 Å². The summed E-state index contributed by atoms with van der Waals surface area (Å²) in [7, 11) is 1.63. The summed E-state index contributed by atoms with van der Waals surface area (Å²) in [6, 6.07) is 5.79. The summed E-state index contributed by atoms with van der Waals surface area (Å²) in [5.74, 6) is 0.650. The monoisotopic (exact) mass is 244 g/mol. The fourth-order valence-corrected chi connectivity index (χ4v) is 2.66. The quantitative estimate of drug-likeness (QED) is 0.464. The number of rotatable bonds is 3. The number of benzene rings is 1. The summed E-state index contributed by atoms with van der Waals surface area (Å²) in [6.07, 6.45) is 3.67. The van der Waals surface area contributed by atoms with Crippen molar-refractivity contribution in [1.29, 1.82) is 0 Å². The first-order valence-corrected chi connectivity index (χ1v) is 6.01. The Labute approximate surface area is 106 Å². The maximum atomic E-state index is 12.1. The van der Waals surface area contributed by atoms with Crippen LogP contribution in [-0.4, -0.2) is 23.9 Å². The molecule has 0 aromatic heterocycles. The van der Waals surface area contributed by atoms with Crippen LogP contribution in [0.2, 0.25) is 0 Å². The van der Waals surface area contributed by atoms with Gasteiger partial charge >= 0.3 is 6.21 Å². The van der Waals surface area contributed by atoms with Crippen LogP contribution in [-0.2, 0) is 16.6 Å². The highest BCUT2D eigenvalue weighted by molar-refractivity contribution is 6.29. The Kier molecular flexibility index (Phi) is 3.30. The minimum Gasteiger partial charge on any atom is -0.497 e. The lowest BCUT2D eigenvalue weighted by atomic mass is 9.69. The molecule has 0 saturated carbocycles. The van der Waals surface area contributed by atoms with Crippen LogP contribution in [0.25, 0.3) is 5.53 Å². The number of Topliss-reactive ketones (excluding diaryl/α,β-unsaturated/α-hetero) is 1. The minimum atomic E-state index is -0.591. The molecule has 4 heteroatoms. The van der Waals surface area contributed by atoms with E-state index in [0.717, 1.165) is 42.4 Å². The summed E-state index contributed by atoms with van der Waals surface area (Å²) >= 11 is 0. The van der Waals surface area contributed by atoms with Crippen molar-refractivity contribution in [3.63, 3.8) is 0 Å². The Morgan fingerprint density at radius 3 is 3.00 bits per heavy atom. The number of methoxy groups -OCH3 is 1. The fourth-order valence-electron chi connectivity index (χ4n) is 2.66. The zero-order valence-electron chi connectivity index (χ0n) is 10.6. The van der Waals surface area contributed by atoms with Crippen LogP contribution in [0.1, 0.15) is 30.9 Å². The minimum absolute atomic E-state index is 0.156. The summed E-state index contributed by atoms with van der Waals surface area (Å²) in [4.78, 5) is 15.0. The van der Waals surface area contributed by atoms with Gasteiger partial charge in [0.15, 0.2) is 0 Å². The van der Waals surface area contributed by atoms with E-state index in [2.05, 4.69) is 4.79 Å². The van der Waals surface area contributed by atoms with Crippen molar-refractivity contribution in [2.24, 2.45) is 0 Å². The van der Waals surface area contributed by atoms with Gasteiger partial charge in [-0.1, -0.05) is 6.07 Å². The van der Waals surface area contributed by atoms with Crippen LogP contribution in [0.4, 0.5) is 0 Å². The van der Waals surface area contributed by atoms with Crippen LogP contribution in [0.15, 0.2) is 18.2 Å². The molecule has 1 aromatic rings. The molecule has 0 bridgehead atoms. The van der Waals surface area contributed by atoms with Crippen molar-refractivity contribution in [2.75, 3.05) is 7.11 Å². The fraction of sp³-hybridized carbons (Fsp3) is 0.429. The van der Waals surface area contributed by atoms with Crippen molar-refractivity contribution in [2.45, 2.75) is 31.6 Å². The zero-order chi connectivity index (χ0) is 13.2. The van der Waals surface area contributed by atoms with Gasteiger partial charge in [-0.05, 0) is 49.4 Å². The van der Waals surface area contributed by atoms with Crippen LogP contribution >= 0.6 is 0 Å². The normalized spacial score (nSPS) is 21.7. The van der Waals surface area contributed by atoms with Crippen LogP contribution < -0.4 is 4.74 Å². The lowest BCUT2D eigenvalue weighted by Crippen LogP contribution is -2.37. The van der Waals surface area contributed by atoms with Crippen molar-refractivity contribution >= 4 is 12.0 Å². The number of ether oxygens (including phenoxy) is 1. The van der Waals surface area contributed by atoms with Gasteiger partial charge in [-0.2, -0.15) is 4.79 Å². The molecule has 1 atom stereocenters. The Morgan fingerprint density at radius 2 is 2.33 bits per heavy atom. The standard InChI is InChI=1S/C14H16N2O2/c1-14(13(17)9-16-15)7-3-4-10-8-11(18-2)5-6-12(10)14/h5-6,8-9H,3-4,7H2,1-2H3. The lowest BCUT2D eigenvalue weighted by molar-refractivity contribution is -0.121. The third kappa shape index (κ3) is 1.95. The first kappa shape index (κ1) is 12.5. The molecular formula is C14H16N2O2. The van der Waals surface area contributed by atoms with Gasteiger partial charge in [-0.25, -0.2) is 0 Å². The molecule has 1 aromatic carbocycles. The topological polar surface area (TPSA) is 62.7 Å². The SMILES string of the molecule is COc1ccc2c(c1)CCCC2(C)C(=O)C=[N+]=[N-]. The molecule has 18 heavy (non-hydrogen) atoms. The maximum absolute atomic E-state index is 12.1. The van der Waals surface area contributed by atoms with Gasteiger partial charge in [0, 0.05) is 0 Å². The van der Waals surface area contributed by atoms with Gasteiger partial charge in [-0.15, -0.1) is 0 Å². The summed E-state index contributed by atoms with van der Waals surface area (Å²) in [5.41, 5.74) is 10.1. The molecule has 0 spiro atoms. The molecule has 2 rings (SSSR count). The van der Waals surface area contributed by atoms with E-state index in [0.29, 0.717) is 0 Å². The third-order valence-electron chi connectivity index (χ3n) is 3.75. The molecular weight excluding hydrogens is 228 g/mol. The Hall–Kier alpha value is -1.93. The number of hydrogen-bond donors (Lipinski definition) is 0. The largest absolute Gasteiger partial charge is 0.497 e. The molecule has 94 valence electrons. The molecule has 0 aliphatic heterocycles. The van der Waals surface area contributed by atoms with Gasteiger partial charge in [0.25, 0.3) is 0 Å². The van der Waals surface area contributed by atoms with Gasteiger partial charge in [0.2, 0.25) is 5.78 Å². The highest BCUT2D eigenvalue weighted by Crippen LogP contribution is 2.38. The second-order valence-corrected chi connectivity index (χ2v) is 4.82. The van der Waals surface area contributed by atoms with Crippen LogP contribution in [0.3, 0.4) is 0 Å². The number of carbonyl (C=O) groups is 1. The predicted molar refractivity (Wildman–Crippen MR) is 68.0 cm³/mol. The molecule has 0 fully saturated rings. The molecule has 1 unspecified atom stereocenters. The van der Waals surface area contributed by atoms with E-state index in [1.54, 1.807) is 7.11 Å². The number of ketones is 1. The van der Waals surface area contributed by atoms with E-state index in [1.807, 2.05) is 25.1 Å². The second kappa shape index (κ2) is 4.75. The molecule has 0 amide bonds. The van der Waals surface area contributed by atoms with E-state index < -0.39 is 5.41 Å². The molecule has 0 saturated heterocycles. The summed E-state index contributed by atoms with van der Waals surface area (Å²) in [6.45, 7) is 1.90. The first-order chi connectivity index (χ1) is 8.61. The summed E-state index contributed by atoms with van der Waals surface area (Å²) < 4.78 is 5.21. The third-order valence-corrected chi connectivity index (χ3v) is 3.75. The smallest absolute Gasteiger partial charge is 0.324 e. The molecule has 1 aliphatic carbocycles. The molecule has 0 N–H and O–H groups in total. The number of nitrogens with zero attached hydrogens (tertiary/aromatic N) is 2. The van der Waals surface area contributed by atoms with Crippen molar-refractivity contribution in [3.05, 3.63) is 34.9 Å². The molecule has 0 radical (unpaired) electrons.